The van der Waals surface area contributed by atoms with E-state index in [1.807, 2.05) is 97.2 Å². The van der Waals surface area contributed by atoms with E-state index in [0.717, 1.165) is 107 Å². The molecule has 2 fully saturated rings. The molecule has 0 N–H and O–H groups in total. The Bertz CT molecular complexity index is 8820. The number of rotatable bonds is 11. The molecular weight excluding hydrogens is 1990 g/mol. The van der Waals surface area contributed by atoms with Gasteiger partial charge in [0, 0.05) is 116 Å². The second kappa shape index (κ2) is 38.8. The standard InChI is InChI=1S/2C45H36NO.C20H18N.C16H18N.2Ir/c2*1-27-21-32(30-9-4-5-10-30)17-19-35(27)33-18-20-36(28(2)22-33)40-24-43(46-26-29(40)3)39-14-8-13-38-42-23-34-16-15-31-11-6-7-12-37(31)41(34)25-44(42)47-45(38)39;1-14-9-10-18(20-11-15(2)16(3)13-21-20)12-19(14)17-7-5-4-6-8-17;1-12-5-7-13(8-6-12)15-10-9-14(11-17-15)16(2,3)4;;/h2*6-8,11-13,15-26,30H,4-5,9-10H2,1-3H3;4-9,11-13H,1-3H3;5-7,9-11H,1-4H3;;/q4*-1;;/i2*1D3,2D3,3D3,30D;1D3,3D3;1D3;;. The summed E-state index contributed by atoms with van der Waals surface area (Å²) in [6.45, 7) is -14.2. The van der Waals surface area contributed by atoms with Crippen LogP contribution in [0.3, 0.4) is 0 Å². The first kappa shape index (κ1) is 62.3. The number of pyridine rings is 4. The van der Waals surface area contributed by atoms with Crippen LogP contribution >= 0.6 is 0 Å². The number of furan rings is 2. The Kier molecular flexibility index (Phi) is 18.1. The quantitative estimate of drug-likeness (QED) is 0.0948. The molecule has 2 radical (unpaired) electrons. The van der Waals surface area contributed by atoms with Gasteiger partial charge in [-0.3, -0.25) is 0 Å². The fourth-order valence-corrected chi connectivity index (χ4v) is 18.4. The fraction of sp³-hybridized carbons (Fsp3) is 0.190. The van der Waals surface area contributed by atoms with E-state index in [9.17, 15) is 0 Å². The molecule has 666 valence electrons. The van der Waals surface area contributed by atoms with Crippen LogP contribution in [0.25, 0.3) is 188 Å². The Labute approximate surface area is 856 Å². The molecule has 2 aliphatic carbocycles. The van der Waals surface area contributed by atoms with Gasteiger partial charge in [0.05, 0.1) is 11.2 Å². The van der Waals surface area contributed by atoms with Crippen molar-refractivity contribution in [3.05, 3.63) is 406 Å². The third-order valence-electron chi connectivity index (χ3n) is 25.6. The van der Waals surface area contributed by atoms with Gasteiger partial charge in [-0.25, -0.2) is 0 Å². The van der Waals surface area contributed by atoms with Crippen molar-refractivity contribution >= 4 is 87.0 Å². The molecule has 6 heterocycles. The summed E-state index contributed by atoms with van der Waals surface area (Å²) in [6.07, 6.45) is 11.9. The van der Waals surface area contributed by atoms with Gasteiger partial charge in [0.1, 0.15) is 11.2 Å². The Morgan fingerprint density at radius 2 is 0.791 bits per heavy atom. The summed E-state index contributed by atoms with van der Waals surface area (Å²) in [5, 5.41) is 12.1. The van der Waals surface area contributed by atoms with E-state index >= 15 is 0 Å². The number of fused-ring (bicyclic) bond motifs is 12. The summed E-state index contributed by atoms with van der Waals surface area (Å²) in [5.74, 6) is -1.74. The number of hydrogen-bond acceptors (Lipinski definition) is 6. The molecule has 6 aromatic heterocycles. The van der Waals surface area contributed by atoms with Crippen molar-refractivity contribution in [1.82, 2.24) is 19.9 Å². The van der Waals surface area contributed by atoms with E-state index in [1.54, 1.807) is 116 Å². The third-order valence-corrected chi connectivity index (χ3v) is 25.6. The predicted molar refractivity (Wildman–Crippen MR) is 554 cm³/mol. The summed E-state index contributed by atoms with van der Waals surface area (Å²) in [5.41, 5.74) is 13.5. The minimum atomic E-state index is -2.72. The van der Waals surface area contributed by atoms with Crippen LogP contribution in [0.1, 0.15) is 196 Å². The van der Waals surface area contributed by atoms with Crippen LogP contribution in [0.4, 0.5) is 0 Å². The van der Waals surface area contributed by atoms with Crippen LogP contribution in [0.15, 0.2) is 319 Å². The van der Waals surface area contributed by atoms with Crippen molar-refractivity contribution < 1.29 is 88.8 Å². The van der Waals surface area contributed by atoms with Crippen molar-refractivity contribution in [3.63, 3.8) is 0 Å². The molecule has 134 heavy (non-hydrogen) atoms. The van der Waals surface area contributed by atoms with Crippen molar-refractivity contribution in [2.24, 2.45) is 0 Å². The largest absolute Gasteiger partial charge is 0.501 e. The van der Waals surface area contributed by atoms with Crippen molar-refractivity contribution in [3.8, 4) is 101 Å². The maximum atomic E-state index is 9.00. The second-order valence-electron chi connectivity index (χ2n) is 35.1. The summed E-state index contributed by atoms with van der Waals surface area (Å²) in [4.78, 5) is 17.9. The maximum absolute atomic E-state index is 9.00. The van der Waals surface area contributed by atoms with Crippen LogP contribution in [0.2, 0.25) is 0 Å². The van der Waals surface area contributed by atoms with E-state index in [0.29, 0.717) is 132 Å². The van der Waals surface area contributed by atoms with Gasteiger partial charge in [-0.2, -0.15) is 0 Å². The first-order valence-corrected chi connectivity index (χ1v) is 44.3. The van der Waals surface area contributed by atoms with Gasteiger partial charge in [0.15, 0.2) is 0 Å². The second-order valence-corrected chi connectivity index (χ2v) is 35.1. The Hall–Kier alpha value is -13.2. The molecule has 2 saturated carbocycles. The summed E-state index contributed by atoms with van der Waals surface area (Å²) in [7, 11) is 0. The molecule has 6 nitrogen and oxygen atoms in total. The zero-order valence-electron chi connectivity index (χ0n) is 103. The minimum Gasteiger partial charge on any atom is -0.501 e. The van der Waals surface area contributed by atoms with Crippen LogP contribution in [-0.2, 0) is 45.6 Å². The summed E-state index contributed by atoms with van der Waals surface area (Å²) < 4.78 is 252. The molecule has 23 rings (SSSR count). The number of nitrogens with zero attached hydrogens (tertiary/aromatic N) is 4. The molecule has 0 saturated heterocycles. The van der Waals surface area contributed by atoms with Crippen LogP contribution in [-0.4, -0.2) is 19.9 Å². The average molecular weight is 2120 g/mol. The van der Waals surface area contributed by atoms with E-state index < -0.39 is 73.5 Å². The molecule has 0 bridgehead atoms. The van der Waals surface area contributed by atoms with Gasteiger partial charge in [-0.1, -0.05) is 299 Å². The van der Waals surface area contributed by atoms with Gasteiger partial charge < -0.3 is 28.8 Å². The molecule has 15 aromatic carbocycles. The monoisotopic (exact) mass is 2120 g/mol. The van der Waals surface area contributed by atoms with Crippen LogP contribution in [0.5, 0.6) is 0 Å². The molecule has 0 atom stereocenters. The zero-order valence-corrected chi connectivity index (χ0v) is 78.7. The van der Waals surface area contributed by atoms with E-state index in [-0.39, 0.29) is 112 Å². The predicted octanol–water partition coefficient (Wildman–Crippen LogP) is 34.6. The third kappa shape index (κ3) is 18.5. The van der Waals surface area contributed by atoms with Gasteiger partial charge >= 0.3 is 0 Å². The van der Waals surface area contributed by atoms with Crippen LogP contribution < -0.4 is 0 Å². The Morgan fingerprint density at radius 1 is 0.313 bits per heavy atom. The van der Waals surface area contributed by atoms with Crippen LogP contribution in [0, 0.1) is 92.9 Å². The molecule has 21 aromatic rings. The molecule has 0 spiro atoms. The number of aromatic nitrogens is 4. The summed E-state index contributed by atoms with van der Waals surface area (Å²) in [6, 6.07) is 98.2. The number of hydrogen-bond donors (Lipinski definition) is 0. The number of benzene rings is 15. The van der Waals surface area contributed by atoms with Gasteiger partial charge in [-0.05, 0) is 294 Å². The molecule has 0 aliphatic heterocycles. The van der Waals surface area contributed by atoms with E-state index in [4.69, 9.17) is 48.6 Å². The molecule has 8 heteroatoms. The normalized spacial score (nSPS) is 17.4. The van der Waals surface area contributed by atoms with E-state index in [1.165, 1.54) is 48.4 Å². The number of aryl methyl sites for hydroxylation is 10. The van der Waals surface area contributed by atoms with Gasteiger partial charge in [-0.15, -0.1) is 101 Å². The maximum Gasteiger partial charge on any atom is 0.121 e. The van der Waals surface area contributed by atoms with Gasteiger partial charge in [0.25, 0.3) is 0 Å². The Balaban J connectivity index is 0.000000150. The van der Waals surface area contributed by atoms with Gasteiger partial charge in [0.2, 0.25) is 0 Å². The average Bonchev–Trinajstić information content (AvgIpc) is 1.63. The smallest absolute Gasteiger partial charge is 0.121 e. The molecule has 0 amide bonds. The van der Waals surface area contributed by atoms with E-state index in [2.05, 4.69) is 126 Å². The topological polar surface area (TPSA) is 77.8 Å². The molecule has 2 aliphatic rings. The zero-order chi connectivity index (χ0) is 115. The fourth-order valence-electron chi connectivity index (χ4n) is 18.4. The first-order valence-electron chi connectivity index (χ1n) is 58.8. The first-order chi connectivity index (χ1) is 75.7. The SMILES string of the molecule is [2H]C([2H])([2H])c1c[c-]c(-c2ccc(C(C)(C)C)cn2)cc1.[2H]C([2H])([2H])c1cc(C2([2H])CCCC2)ccc1-c1ccc(-c2cc(-c3[c-]ccc4c3oc3cc5c(ccc6ccccc65)cc34)ncc2C([2H])([2H])[2H])c(C([2H])([2H])[2H])c1.[2H]C([2H])([2H])c1cc(C2([2H])CCCC2)ccc1-c1ccc(-c2cc(-c3[c-]ccc4c3oc3cc5c(ccc6ccccc65)cc34)ncc2C([2H])([2H])[2H])c(C([2H])([2H])[2H])c1.[2H]C([2H])([2H])c1cnc(-c2[c-]cc(C([2H])([2H])[2H])c(-c3ccccc3)c2)cc1C.[Ir].[Ir]. The Morgan fingerprint density at radius 3 is 1.28 bits per heavy atom. The molecule has 0 unspecified atom stereocenters. The van der Waals surface area contributed by atoms with Crippen molar-refractivity contribution in [2.75, 3.05) is 0 Å². The van der Waals surface area contributed by atoms with Crippen molar-refractivity contribution in [2.45, 2.75) is 158 Å². The van der Waals surface area contributed by atoms with Crippen molar-refractivity contribution in [1.29, 1.82) is 0 Å². The summed E-state index contributed by atoms with van der Waals surface area (Å²) >= 11 is 0. The minimum absolute atomic E-state index is 0. The molecular formula is C126H108Ir2N4O2-4.